The Labute approximate surface area is 116 Å². The minimum Gasteiger partial charge on any atom is -0.361 e. The van der Waals surface area contributed by atoms with Gasteiger partial charge in [-0.1, -0.05) is 6.07 Å². The molecule has 0 aliphatic rings. The van der Waals surface area contributed by atoms with Crippen molar-refractivity contribution in [2.45, 2.75) is 19.5 Å². The highest BCUT2D eigenvalue weighted by Crippen LogP contribution is 2.14. The largest absolute Gasteiger partial charge is 0.361 e. The zero-order chi connectivity index (χ0) is 13.9. The molecular formula is C15H16N4O. The quantitative estimate of drug-likeness (QED) is 0.762. The van der Waals surface area contributed by atoms with Crippen LogP contribution in [0.25, 0.3) is 10.9 Å². The molecule has 0 spiro atoms. The molecule has 1 aromatic carbocycles. The van der Waals surface area contributed by atoms with Crippen LogP contribution >= 0.6 is 0 Å². The third kappa shape index (κ3) is 2.56. The highest BCUT2D eigenvalue weighted by Gasteiger charge is 2.10. The highest BCUT2D eigenvalue weighted by molar-refractivity contribution is 5.98. The highest BCUT2D eigenvalue weighted by atomic mass is 16.1. The SMILES string of the molecule is CC(Cn1ccnc1)NC(=O)c1ccc2cc[nH]c2c1. The Bertz CT molecular complexity index is 714. The first-order chi connectivity index (χ1) is 9.72. The van der Waals surface area contributed by atoms with Gasteiger partial charge in [0, 0.05) is 42.3 Å². The molecule has 0 radical (unpaired) electrons. The summed E-state index contributed by atoms with van der Waals surface area (Å²) in [5.74, 6) is -0.0610. The Kier molecular flexibility index (Phi) is 3.25. The third-order valence-electron chi connectivity index (χ3n) is 3.24. The number of aromatic amines is 1. The molecule has 102 valence electrons. The molecule has 2 heterocycles. The van der Waals surface area contributed by atoms with Gasteiger partial charge in [0.2, 0.25) is 0 Å². The summed E-state index contributed by atoms with van der Waals surface area (Å²) in [6, 6.07) is 7.68. The topological polar surface area (TPSA) is 62.7 Å². The summed E-state index contributed by atoms with van der Waals surface area (Å²) in [5, 5.41) is 4.09. The van der Waals surface area contributed by atoms with E-state index in [1.807, 2.05) is 48.1 Å². The Balaban J connectivity index is 1.68. The number of carbonyl (C=O) groups is 1. The van der Waals surface area contributed by atoms with Crippen LogP contribution in [0.3, 0.4) is 0 Å². The predicted octanol–water partition coefficient (Wildman–Crippen LogP) is 2.18. The smallest absolute Gasteiger partial charge is 0.251 e. The van der Waals surface area contributed by atoms with E-state index in [0.717, 1.165) is 10.9 Å². The Morgan fingerprint density at radius 2 is 2.35 bits per heavy atom. The van der Waals surface area contributed by atoms with Crippen molar-refractivity contribution in [3.63, 3.8) is 0 Å². The first kappa shape index (κ1) is 12.5. The van der Waals surface area contributed by atoms with Gasteiger partial charge in [-0.2, -0.15) is 0 Å². The standard InChI is InChI=1S/C15H16N4O/c1-11(9-19-7-6-16-10-19)18-15(20)13-3-2-12-4-5-17-14(12)8-13/h2-8,10-11,17H,9H2,1H3,(H,18,20). The fraction of sp³-hybridized carbons (Fsp3) is 0.200. The molecule has 0 saturated heterocycles. The Morgan fingerprint density at radius 3 is 3.15 bits per heavy atom. The lowest BCUT2D eigenvalue weighted by Gasteiger charge is -2.14. The van der Waals surface area contributed by atoms with E-state index in [1.165, 1.54) is 0 Å². The van der Waals surface area contributed by atoms with Gasteiger partial charge in [0.25, 0.3) is 5.91 Å². The van der Waals surface area contributed by atoms with Gasteiger partial charge in [-0.05, 0) is 30.5 Å². The van der Waals surface area contributed by atoms with Crippen LogP contribution in [-0.4, -0.2) is 26.5 Å². The molecule has 3 rings (SSSR count). The van der Waals surface area contributed by atoms with Crippen molar-refractivity contribution in [1.82, 2.24) is 19.9 Å². The van der Waals surface area contributed by atoms with E-state index < -0.39 is 0 Å². The maximum absolute atomic E-state index is 12.2. The fourth-order valence-corrected chi connectivity index (χ4v) is 2.25. The fourth-order valence-electron chi connectivity index (χ4n) is 2.25. The zero-order valence-corrected chi connectivity index (χ0v) is 11.2. The molecular weight excluding hydrogens is 252 g/mol. The average Bonchev–Trinajstić information content (AvgIpc) is 3.07. The lowest BCUT2D eigenvalue weighted by Crippen LogP contribution is -2.35. The van der Waals surface area contributed by atoms with Crippen LogP contribution in [0.4, 0.5) is 0 Å². The minimum absolute atomic E-state index is 0.0380. The van der Waals surface area contributed by atoms with Crippen molar-refractivity contribution < 1.29 is 4.79 Å². The number of fused-ring (bicyclic) bond motifs is 1. The Hall–Kier alpha value is -2.56. The number of H-pyrrole nitrogens is 1. The van der Waals surface area contributed by atoms with Gasteiger partial charge in [0.15, 0.2) is 0 Å². The molecule has 1 unspecified atom stereocenters. The van der Waals surface area contributed by atoms with Gasteiger partial charge in [0.1, 0.15) is 0 Å². The van der Waals surface area contributed by atoms with Crippen molar-refractivity contribution >= 4 is 16.8 Å². The number of rotatable bonds is 4. The number of hydrogen-bond donors (Lipinski definition) is 2. The van der Waals surface area contributed by atoms with Crippen LogP contribution in [0.1, 0.15) is 17.3 Å². The summed E-state index contributed by atoms with van der Waals surface area (Å²) in [6.07, 6.45) is 7.23. The van der Waals surface area contributed by atoms with Crippen LogP contribution < -0.4 is 5.32 Å². The van der Waals surface area contributed by atoms with Gasteiger partial charge in [-0.25, -0.2) is 4.98 Å². The first-order valence-electron chi connectivity index (χ1n) is 6.56. The second kappa shape index (κ2) is 5.21. The number of aromatic nitrogens is 3. The maximum Gasteiger partial charge on any atom is 0.251 e. The average molecular weight is 268 g/mol. The van der Waals surface area contributed by atoms with Crippen LogP contribution in [0.2, 0.25) is 0 Å². The summed E-state index contributed by atoms with van der Waals surface area (Å²) < 4.78 is 1.94. The van der Waals surface area contributed by atoms with Crippen LogP contribution in [0.15, 0.2) is 49.2 Å². The number of imidazole rings is 1. The van der Waals surface area contributed by atoms with E-state index in [4.69, 9.17) is 0 Å². The zero-order valence-electron chi connectivity index (χ0n) is 11.2. The van der Waals surface area contributed by atoms with E-state index in [9.17, 15) is 4.79 Å². The van der Waals surface area contributed by atoms with E-state index in [1.54, 1.807) is 12.5 Å². The summed E-state index contributed by atoms with van der Waals surface area (Å²) in [7, 11) is 0. The molecule has 20 heavy (non-hydrogen) atoms. The van der Waals surface area contributed by atoms with Crippen molar-refractivity contribution in [3.05, 3.63) is 54.7 Å². The van der Waals surface area contributed by atoms with E-state index in [2.05, 4.69) is 15.3 Å². The van der Waals surface area contributed by atoms with Gasteiger partial charge in [-0.3, -0.25) is 4.79 Å². The lowest BCUT2D eigenvalue weighted by atomic mass is 10.1. The Morgan fingerprint density at radius 1 is 1.45 bits per heavy atom. The molecule has 1 amide bonds. The second-order valence-corrected chi connectivity index (χ2v) is 4.91. The number of nitrogens with one attached hydrogen (secondary N) is 2. The first-order valence-corrected chi connectivity index (χ1v) is 6.56. The van der Waals surface area contributed by atoms with Crippen molar-refractivity contribution in [3.8, 4) is 0 Å². The number of amides is 1. The molecule has 0 bridgehead atoms. The maximum atomic E-state index is 12.2. The summed E-state index contributed by atoms with van der Waals surface area (Å²) in [4.78, 5) is 19.3. The number of hydrogen-bond acceptors (Lipinski definition) is 2. The van der Waals surface area contributed by atoms with E-state index in [-0.39, 0.29) is 11.9 Å². The second-order valence-electron chi connectivity index (χ2n) is 4.91. The van der Waals surface area contributed by atoms with Crippen LogP contribution in [0, 0.1) is 0 Å². The van der Waals surface area contributed by atoms with E-state index in [0.29, 0.717) is 12.1 Å². The number of carbonyl (C=O) groups excluding carboxylic acids is 1. The molecule has 0 saturated carbocycles. The number of benzene rings is 1. The lowest BCUT2D eigenvalue weighted by molar-refractivity contribution is 0.0937. The van der Waals surface area contributed by atoms with E-state index >= 15 is 0 Å². The molecule has 0 aliphatic heterocycles. The van der Waals surface area contributed by atoms with Crippen molar-refractivity contribution in [2.75, 3.05) is 0 Å². The molecule has 2 aromatic heterocycles. The third-order valence-corrected chi connectivity index (χ3v) is 3.24. The summed E-state index contributed by atoms with van der Waals surface area (Å²) in [6.45, 7) is 2.68. The van der Waals surface area contributed by atoms with Crippen LogP contribution in [-0.2, 0) is 6.54 Å². The van der Waals surface area contributed by atoms with Gasteiger partial charge in [-0.15, -0.1) is 0 Å². The monoisotopic (exact) mass is 268 g/mol. The van der Waals surface area contributed by atoms with Crippen LogP contribution in [0.5, 0.6) is 0 Å². The summed E-state index contributed by atoms with van der Waals surface area (Å²) in [5.41, 5.74) is 1.64. The molecule has 5 nitrogen and oxygen atoms in total. The molecule has 3 aromatic rings. The molecule has 0 aliphatic carbocycles. The molecule has 0 fully saturated rings. The number of nitrogens with zero attached hydrogens (tertiary/aromatic N) is 2. The molecule has 5 heteroatoms. The molecule has 2 N–H and O–H groups in total. The van der Waals surface area contributed by atoms with Gasteiger partial charge in [0.05, 0.1) is 6.33 Å². The van der Waals surface area contributed by atoms with Gasteiger partial charge < -0.3 is 14.9 Å². The molecule has 1 atom stereocenters. The van der Waals surface area contributed by atoms with Crippen molar-refractivity contribution in [2.24, 2.45) is 0 Å². The van der Waals surface area contributed by atoms with Gasteiger partial charge >= 0.3 is 0 Å². The summed E-state index contributed by atoms with van der Waals surface area (Å²) >= 11 is 0. The predicted molar refractivity (Wildman–Crippen MR) is 77.5 cm³/mol. The van der Waals surface area contributed by atoms with Crippen molar-refractivity contribution in [1.29, 1.82) is 0 Å². The minimum atomic E-state index is -0.0610. The normalized spacial score (nSPS) is 12.4.